The van der Waals surface area contributed by atoms with Crippen LogP contribution in [0.4, 0.5) is 4.39 Å². The number of alkyl halides is 1. The van der Waals surface area contributed by atoms with E-state index in [4.69, 9.17) is 0 Å². The van der Waals surface area contributed by atoms with Crippen molar-refractivity contribution >= 4 is 5.97 Å². The van der Waals surface area contributed by atoms with Crippen molar-refractivity contribution in [2.45, 2.75) is 32.9 Å². The number of ether oxygens (including phenoxy) is 1. The standard InChI is InChI=1S/C9H13FO2/c1-4-5-6-12-8(11)7-9(2,3)10/h6-7H2,1-3H3. The lowest BCUT2D eigenvalue weighted by Crippen LogP contribution is -2.19. The maximum Gasteiger partial charge on any atom is 0.309 e. The van der Waals surface area contributed by atoms with Gasteiger partial charge in [-0.2, -0.15) is 0 Å². The Morgan fingerprint density at radius 1 is 1.58 bits per heavy atom. The summed E-state index contributed by atoms with van der Waals surface area (Å²) in [5.41, 5.74) is -1.50. The van der Waals surface area contributed by atoms with E-state index in [2.05, 4.69) is 16.6 Å². The van der Waals surface area contributed by atoms with Gasteiger partial charge in [0.1, 0.15) is 5.67 Å². The molecule has 0 unspecified atom stereocenters. The molecule has 0 radical (unpaired) electrons. The lowest BCUT2D eigenvalue weighted by atomic mass is 10.1. The smallest absolute Gasteiger partial charge is 0.309 e. The van der Waals surface area contributed by atoms with Gasteiger partial charge in [0.05, 0.1) is 6.42 Å². The van der Waals surface area contributed by atoms with E-state index in [0.717, 1.165) is 0 Å². The number of hydrogen-bond donors (Lipinski definition) is 0. The second-order valence-corrected chi connectivity index (χ2v) is 2.98. The molecule has 0 N–H and O–H groups in total. The molecular formula is C9H13FO2. The number of rotatable bonds is 3. The quantitative estimate of drug-likeness (QED) is 0.478. The fraction of sp³-hybridized carbons (Fsp3) is 0.667. The number of carbonyl (C=O) groups is 1. The van der Waals surface area contributed by atoms with Crippen LogP contribution in [0, 0.1) is 11.8 Å². The highest BCUT2D eigenvalue weighted by Crippen LogP contribution is 2.13. The Kier molecular flexibility index (Phi) is 4.35. The van der Waals surface area contributed by atoms with Gasteiger partial charge in [0.2, 0.25) is 0 Å². The molecule has 0 aromatic rings. The van der Waals surface area contributed by atoms with Crippen LogP contribution < -0.4 is 0 Å². The van der Waals surface area contributed by atoms with Crippen LogP contribution in [0.15, 0.2) is 0 Å². The Morgan fingerprint density at radius 2 is 2.17 bits per heavy atom. The van der Waals surface area contributed by atoms with Crippen LogP contribution in [0.5, 0.6) is 0 Å². The van der Waals surface area contributed by atoms with Crippen LogP contribution >= 0.6 is 0 Å². The molecule has 0 saturated heterocycles. The van der Waals surface area contributed by atoms with Crippen LogP contribution in [0.2, 0.25) is 0 Å². The Bertz CT molecular complexity index is 205. The van der Waals surface area contributed by atoms with Crippen LogP contribution in [0.1, 0.15) is 27.2 Å². The summed E-state index contributed by atoms with van der Waals surface area (Å²) in [6.45, 7) is 4.36. The maximum atomic E-state index is 12.8. The first-order valence-electron chi connectivity index (χ1n) is 3.70. The topological polar surface area (TPSA) is 26.3 Å². The van der Waals surface area contributed by atoms with E-state index in [1.165, 1.54) is 13.8 Å². The van der Waals surface area contributed by atoms with Crippen LogP contribution in [0.25, 0.3) is 0 Å². The highest BCUT2D eigenvalue weighted by atomic mass is 19.1. The molecule has 12 heavy (non-hydrogen) atoms. The zero-order valence-corrected chi connectivity index (χ0v) is 7.61. The number of halogens is 1. The first kappa shape index (κ1) is 11.0. The second kappa shape index (κ2) is 4.76. The lowest BCUT2D eigenvalue weighted by molar-refractivity contribution is -0.144. The monoisotopic (exact) mass is 172 g/mol. The summed E-state index contributed by atoms with van der Waals surface area (Å²) in [5, 5.41) is 0. The molecule has 0 aliphatic rings. The molecule has 0 rings (SSSR count). The van der Waals surface area contributed by atoms with E-state index < -0.39 is 11.6 Å². The summed E-state index contributed by atoms with van der Waals surface area (Å²) >= 11 is 0. The average Bonchev–Trinajstić information content (AvgIpc) is 1.84. The minimum atomic E-state index is -1.50. The lowest BCUT2D eigenvalue weighted by Gasteiger charge is -2.11. The van der Waals surface area contributed by atoms with E-state index in [1.807, 2.05) is 0 Å². The maximum absolute atomic E-state index is 12.8. The second-order valence-electron chi connectivity index (χ2n) is 2.98. The molecule has 0 heterocycles. The molecule has 0 aliphatic carbocycles. The summed E-state index contributed by atoms with van der Waals surface area (Å²) in [6.07, 6.45) is -0.224. The SMILES string of the molecule is CC#CCOC(=O)CC(C)(C)F. The molecular weight excluding hydrogens is 159 g/mol. The van der Waals surface area contributed by atoms with Gasteiger partial charge in [0.15, 0.2) is 6.61 Å². The van der Waals surface area contributed by atoms with Gasteiger partial charge in [0.25, 0.3) is 0 Å². The largest absolute Gasteiger partial charge is 0.452 e. The summed E-state index contributed by atoms with van der Waals surface area (Å²) in [7, 11) is 0. The molecule has 0 aliphatic heterocycles. The van der Waals surface area contributed by atoms with Crippen molar-refractivity contribution in [3.63, 3.8) is 0 Å². The van der Waals surface area contributed by atoms with Gasteiger partial charge in [0, 0.05) is 0 Å². The van der Waals surface area contributed by atoms with Crippen molar-refractivity contribution in [1.82, 2.24) is 0 Å². The van der Waals surface area contributed by atoms with Crippen molar-refractivity contribution in [2.75, 3.05) is 6.61 Å². The van der Waals surface area contributed by atoms with Crippen LogP contribution in [0.3, 0.4) is 0 Å². The van der Waals surface area contributed by atoms with Crippen LogP contribution in [-0.2, 0) is 9.53 Å². The van der Waals surface area contributed by atoms with Crippen LogP contribution in [-0.4, -0.2) is 18.2 Å². The van der Waals surface area contributed by atoms with Crippen molar-refractivity contribution in [3.05, 3.63) is 0 Å². The van der Waals surface area contributed by atoms with Gasteiger partial charge < -0.3 is 4.74 Å². The summed E-state index contributed by atoms with van der Waals surface area (Å²) in [6, 6.07) is 0. The molecule has 2 nitrogen and oxygen atoms in total. The highest BCUT2D eigenvalue weighted by molar-refractivity contribution is 5.70. The minimum Gasteiger partial charge on any atom is -0.452 e. The summed E-state index contributed by atoms with van der Waals surface area (Å²) in [4.78, 5) is 10.8. The molecule has 0 bridgehead atoms. The van der Waals surface area contributed by atoms with Gasteiger partial charge >= 0.3 is 5.97 Å². The summed E-state index contributed by atoms with van der Waals surface area (Å²) < 4.78 is 17.4. The molecule has 0 saturated carbocycles. The van der Waals surface area contributed by atoms with Crippen molar-refractivity contribution in [3.8, 4) is 11.8 Å². The van der Waals surface area contributed by atoms with Gasteiger partial charge in [-0.3, -0.25) is 4.79 Å². The normalized spacial score (nSPS) is 10.0. The van der Waals surface area contributed by atoms with Crippen molar-refractivity contribution < 1.29 is 13.9 Å². The highest BCUT2D eigenvalue weighted by Gasteiger charge is 2.21. The zero-order valence-electron chi connectivity index (χ0n) is 7.61. The Hall–Kier alpha value is -1.04. The fourth-order valence-corrected chi connectivity index (χ4v) is 0.583. The fourth-order valence-electron chi connectivity index (χ4n) is 0.583. The average molecular weight is 172 g/mol. The third-order valence-electron chi connectivity index (χ3n) is 1.05. The molecule has 0 amide bonds. The van der Waals surface area contributed by atoms with Crippen molar-refractivity contribution in [2.24, 2.45) is 0 Å². The molecule has 68 valence electrons. The van der Waals surface area contributed by atoms with E-state index in [0.29, 0.717) is 0 Å². The van der Waals surface area contributed by atoms with E-state index in [1.54, 1.807) is 6.92 Å². The van der Waals surface area contributed by atoms with E-state index in [9.17, 15) is 9.18 Å². The Morgan fingerprint density at radius 3 is 2.58 bits per heavy atom. The predicted molar refractivity (Wildman–Crippen MR) is 44.2 cm³/mol. The van der Waals surface area contributed by atoms with Gasteiger partial charge in [-0.15, -0.1) is 5.92 Å². The Labute approximate surface area is 72.1 Å². The molecule has 3 heteroatoms. The first-order valence-corrected chi connectivity index (χ1v) is 3.70. The number of hydrogen-bond acceptors (Lipinski definition) is 2. The molecule has 0 aromatic carbocycles. The predicted octanol–water partition coefficient (Wildman–Crippen LogP) is 1.69. The Balaban J connectivity index is 3.66. The first-order chi connectivity index (χ1) is 5.45. The number of carbonyl (C=O) groups excluding carboxylic acids is 1. The van der Waals surface area contributed by atoms with Gasteiger partial charge in [-0.25, -0.2) is 4.39 Å². The van der Waals surface area contributed by atoms with E-state index in [-0.39, 0.29) is 13.0 Å². The van der Waals surface area contributed by atoms with E-state index >= 15 is 0 Å². The van der Waals surface area contributed by atoms with Gasteiger partial charge in [-0.1, -0.05) is 5.92 Å². The minimum absolute atomic E-state index is 0.0470. The molecule has 0 spiro atoms. The number of esters is 1. The summed E-state index contributed by atoms with van der Waals surface area (Å²) in [5.74, 6) is 4.56. The molecule has 0 aromatic heterocycles. The molecule has 0 atom stereocenters. The van der Waals surface area contributed by atoms with Crippen molar-refractivity contribution in [1.29, 1.82) is 0 Å². The molecule has 0 fully saturated rings. The van der Waals surface area contributed by atoms with Gasteiger partial charge in [-0.05, 0) is 20.8 Å². The third-order valence-corrected chi connectivity index (χ3v) is 1.05. The third kappa shape index (κ3) is 7.07. The zero-order chi connectivity index (χ0) is 9.61.